The molecule has 4 atom stereocenters. The van der Waals surface area contributed by atoms with Crippen LogP contribution in [-0.4, -0.2) is 35.9 Å². The SMILES string of the molecule is CCCC(C)(O)CNC1CCCCC1C1CCCN1. The molecule has 0 spiro atoms. The molecule has 0 amide bonds. The molecule has 112 valence electrons. The van der Waals surface area contributed by atoms with Gasteiger partial charge >= 0.3 is 0 Å². The Morgan fingerprint density at radius 1 is 1.21 bits per heavy atom. The van der Waals surface area contributed by atoms with Crippen molar-refractivity contribution in [2.45, 2.75) is 82.9 Å². The lowest BCUT2D eigenvalue weighted by Crippen LogP contribution is -2.50. The van der Waals surface area contributed by atoms with Crippen LogP contribution in [0.2, 0.25) is 0 Å². The molecule has 4 unspecified atom stereocenters. The van der Waals surface area contributed by atoms with Crippen LogP contribution in [0, 0.1) is 5.92 Å². The van der Waals surface area contributed by atoms with Crippen molar-refractivity contribution in [3.05, 3.63) is 0 Å². The Morgan fingerprint density at radius 3 is 2.68 bits per heavy atom. The van der Waals surface area contributed by atoms with E-state index in [1.807, 2.05) is 6.92 Å². The molecule has 1 aliphatic heterocycles. The second-order valence-electron chi connectivity index (χ2n) is 6.89. The van der Waals surface area contributed by atoms with Gasteiger partial charge in [-0.05, 0) is 51.5 Å². The van der Waals surface area contributed by atoms with Gasteiger partial charge in [0.05, 0.1) is 5.60 Å². The van der Waals surface area contributed by atoms with Crippen molar-refractivity contribution in [1.29, 1.82) is 0 Å². The minimum atomic E-state index is -0.542. The molecule has 1 heterocycles. The molecule has 1 saturated carbocycles. The summed E-state index contributed by atoms with van der Waals surface area (Å²) >= 11 is 0. The van der Waals surface area contributed by atoms with E-state index >= 15 is 0 Å². The predicted octanol–water partition coefficient (Wildman–Crippen LogP) is 2.44. The quantitative estimate of drug-likeness (QED) is 0.693. The fourth-order valence-electron chi connectivity index (χ4n) is 3.95. The summed E-state index contributed by atoms with van der Waals surface area (Å²) in [5, 5.41) is 17.7. The molecule has 0 aromatic rings. The molecule has 2 aliphatic rings. The van der Waals surface area contributed by atoms with E-state index in [4.69, 9.17) is 0 Å². The van der Waals surface area contributed by atoms with Crippen LogP contribution in [0.25, 0.3) is 0 Å². The normalized spacial score (nSPS) is 35.2. The van der Waals surface area contributed by atoms with Gasteiger partial charge in [-0.15, -0.1) is 0 Å². The summed E-state index contributed by atoms with van der Waals surface area (Å²) in [7, 11) is 0. The molecule has 19 heavy (non-hydrogen) atoms. The van der Waals surface area contributed by atoms with E-state index < -0.39 is 5.60 Å². The Balaban J connectivity index is 1.85. The molecule has 2 fully saturated rings. The summed E-state index contributed by atoms with van der Waals surface area (Å²) in [6, 6.07) is 1.32. The van der Waals surface area contributed by atoms with Gasteiger partial charge in [0, 0.05) is 18.6 Å². The van der Waals surface area contributed by atoms with Crippen LogP contribution in [-0.2, 0) is 0 Å². The van der Waals surface area contributed by atoms with Gasteiger partial charge in [0.15, 0.2) is 0 Å². The van der Waals surface area contributed by atoms with E-state index in [2.05, 4.69) is 17.6 Å². The fraction of sp³-hybridized carbons (Fsp3) is 1.00. The molecule has 0 radical (unpaired) electrons. The summed E-state index contributed by atoms with van der Waals surface area (Å²) in [5.74, 6) is 0.772. The van der Waals surface area contributed by atoms with E-state index in [-0.39, 0.29) is 0 Å². The first kappa shape index (κ1) is 15.3. The molecule has 2 rings (SSSR count). The molecule has 1 saturated heterocycles. The molecular formula is C16H32N2O. The average molecular weight is 268 g/mol. The molecule has 0 aromatic carbocycles. The molecule has 3 nitrogen and oxygen atoms in total. The summed E-state index contributed by atoms with van der Waals surface area (Å²) in [5.41, 5.74) is -0.542. The highest BCUT2D eigenvalue weighted by atomic mass is 16.3. The highest BCUT2D eigenvalue weighted by Gasteiger charge is 2.34. The maximum atomic E-state index is 10.3. The van der Waals surface area contributed by atoms with Crippen molar-refractivity contribution in [3.63, 3.8) is 0 Å². The van der Waals surface area contributed by atoms with E-state index in [1.54, 1.807) is 0 Å². The minimum absolute atomic E-state index is 0.542. The van der Waals surface area contributed by atoms with E-state index in [1.165, 1.54) is 45.1 Å². The van der Waals surface area contributed by atoms with Crippen molar-refractivity contribution < 1.29 is 5.11 Å². The molecule has 3 heteroatoms. The summed E-state index contributed by atoms with van der Waals surface area (Å²) in [6.07, 6.45) is 9.97. The van der Waals surface area contributed by atoms with Crippen molar-refractivity contribution in [3.8, 4) is 0 Å². The maximum absolute atomic E-state index is 10.3. The van der Waals surface area contributed by atoms with Gasteiger partial charge in [0.2, 0.25) is 0 Å². The number of rotatable bonds is 6. The Labute approximate surface area is 118 Å². The third kappa shape index (κ3) is 4.44. The van der Waals surface area contributed by atoms with Crippen LogP contribution in [0.4, 0.5) is 0 Å². The van der Waals surface area contributed by atoms with E-state index in [0.717, 1.165) is 25.3 Å². The zero-order valence-electron chi connectivity index (χ0n) is 12.8. The Hall–Kier alpha value is -0.120. The summed E-state index contributed by atoms with van der Waals surface area (Å²) in [6.45, 7) is 6.05. The topological polar surface area (TPSA) is 44.3 Å². The Morgan fingerprint density at radius 2 is 2.00 bits per heavy atom. The molecule has 0 bridgehead atoms. The van der Waals surface area contributed by atoms with Crippen molar-refractivity contribution >= 4 is 0 Å². The Kier molecular flexibility index (Phi) is 5.67. The monoisotopic (exact) mass is 268 g/mol. The third-order valence-corrected chi connectivity index (χ3v) is 4.97. The standard InChI is InChI=1S/C16H32N2O/c1-3-10-16(2,19)12-18-15-8-5-4-7-13(15)14-9-6-11-17-14/h13-15,17-19H,3-12H2,1-2H3. The second kappa shape index (κ2) is 7.05. The van der Waals surface area contributed by atoms with Crippen molar-refractivity contribution in [2.24, 2.45) is 5.92 Å². The van der Waals surface area contributed by atoms with Crippen molar-refractivity contribution in [1.82, 2.24) is 10.6 Å². The van der Waals surface area contributed by atoms with Crippen LogP contribution in [0.15, 0.2) is 0 Å². The van der Waals surface area contributed by atoms with Gasteiger partial charge in [-0.25, -0.2) is 0 Å². The lowest BCUT2D eigenvalue weighted by Gasteiger charge is -2.38. The first-order valence-corrected chi connectivity index (χ1v) is 8.31. The number of aliphatic hydroxyl groups is 1. The van der Waals surface area contributed by atoms with Gasteiger partial charge in [-0.1, -0.05) is 26.2 Å². The molecular weight excluding hydrogens is 236 g/mol. The van der Waals surface area contributed by atoms with Crippen LogP contribution in [0.3, 0.4) is 0 Å². The predicted molar refractivity (Wildman–Crippen MR) is 80.3 cm³/mol. The molecule has 0 aromatic heterocycles. The van der Waals surface area contributed by atoms with Crippen LogP contribution < -0.4 is 10.6 Å². The van der Waals surface area contributed by atoms with Gasteiger partial charge in [0.25, 0.3) is 0 Å². The van der Waals surface area contributed by atoms with Gasteiger partial charge < -0.3 is 15.7 Å². The minimum Gasteiger partial charge on any atom is -0.389 e. The largest absolute Gasteiger partial charge is 0.389 e. The van der Waals surface area contributed by atoms with Crippen LogP contribution in [0.1, 0.15) is 65.2 Å². The average Bonchev–Trinajstić information content (AvgIpc) is 2.90. The van der Waals surface area contributed by atoms with Gasteiger partial charge in [-0.2, -0.15) is 0 Å². The van der Waals surface area contributed by atoms with Crippen LogP contribution in [0.5, 0.6) is 0 Å². The van der Waals surface area contributed by atoms with E-state index in [0.29, 0.717) is 12.1 Å². The zero-order valence-corrected chi connectivity index (χ0v) is 12.8. The van der Waals surface area contributed by atoms with Gasteiger partial charge in [0.1, 0.15) is 0 Å². The first-order chi connectivity index (χ1) is 9.12. The lowest BCUT2D eigenvalue weighted by molar-refractivity contribution is 0.0413. The Bertz CT molecular complexity index is 261. The first-order valence-electron chi connectivity index (χ1n) is 8.31. The maximum Gasteiger partial charge on any atom is 0.0743 e. The highest BCUT2D eigenvalue weighted by Crippen LogP contribution is 2.31. The fourth-order valence-corrected chi connectivity index (χ4v) is 3.95. The van der Waals surface area contributed by atoms with E-state index in [9.17, 15) is 5.11 Å². The highest BCUT2D eigenvalue weighted by molar-refractivity contribution is 4.92. The van der Waals surface area contributed by atoms with Crippen LogP contribution >= 0.6 is 0 Å². The smallest absolute Gasteiger partial charge is 0.0743 e. The lowest BCUT2D eigenvalue weighted by atomic mass is 9.79. The summed E-state index contributed by atoms with van der Waals surface area (Å²) in [4.78, 5) is 0. The van der Waals surface area contributed by atoms with Crippen molar-refractivity contribution in [2.75, 3.05) is 13.1 Å². The zero-order chi connectivity index (χ0) is 13.7. The third-order valence-electron chi connectivity index (χ3n) is 4.97. The summed E-state index contributed by atoms with van der Waals surface area (Å²) < 4.78 is 0. The molecule has 3 N–H and O–H groups in total. The number of nitrogens with one attached hydrogen (secondary N) is 2. The number of hydrogen-bond donors (Lipinski definition) is 3. The van der Waals surface area contributed by atoms with Gasteiger partial charge in [-0.3, -0.25) is 0 Å². The second-order valence-corrected chi connectivity index (χ2v) is 6.89. The molecule has 1 aliphatic carbocycles. The number of hydrogen-bond acceptors (Lipinski definition) is 3.